The molecule has 0 aliphatic rings. The summed E-state index contributed by atoms with van der Waals surface area (Å²) in [7, 11) is 0. The maximum absolute atomic E-state index is 12.7. The lowest BCUT2D eigenvalue weighted by Crippen LogP contribution is -2.47. The van der Waals surface area contributed by atoms with Crippen LogP contribution in [0, 0.1) is 0 Å². The lowest BCUT2D eigenvalue weighted by molar-refractivity contribution is -0.282. The van der Waals surface area contributed by atoms with Crippen molar-refractivity contribution in [1.29, 1.82) is 0 Å². The molecular weight excluding hydrogens is 1630 g/mol. The van der Waals surface area contributed by atoms with Crippen LogP contribution in [0.5, 0.6) is 0 Å². The molecule has 0 saturated carbocycles. The van der Waals surface area contributed by atoms with Crippen LogP contribution in [0.25, 0.3) is 0 Å². The topological polar surface area (TPSA) is 353 Å². The number of carboxylic acids is 1. The van der Waals surface area contributed by atoms with Crippen LogP contribution in [0.3, 0.4) is 0 Å². The first-order valence-electron chi connectivity index (χ1n) is 28.1. The van der Waals surface area contributed by atoms with E-state index < -0.39 is 221 Å². The minimum Gasteiger partial charge on any atom is -0.478 e. The number of rotatable bonds is 30. The normalized spacial score (nSPS) is 12.1. The van der Waals surface area contributed by atoms with E-state index in [1.165, 1.54) is 13.8 Å². The molecule has 0 aromatic carbocycles. The molecule has 0 spiro atoms. The van der Waals surface area contributed by atoms with Crippen molar-refractivity contribution in [2.24, 2.45) is 0 Å². The number of esters is 12. The fourth-order valence-electron chi connectivity index (χ4n) is 3.97. The quantitative estimate of drug-likeness (QED) is 0.0302. The average Bonchev–Trinajstić information content (AvgIpc) is 0.818. The third-order valence-electron chi connectivity index (χ3n) is 9.60. The molecule has 0 heterocycles. The molecule has 0 fully saturated rings. The van der Waals surface area contributed by atoms with Crippen LogP contribution in [0.1, 0.15) is 69.2 Å². The van der Waals surface area contributed by atoms with Crippen molar-refractivity contribution >= 4 is 77.6 Å². The van der Waals surface area contributed by atoms with Crippen molar-refractivity contribution in [1.82, 2.24) is 0 Å². The Hall–Kier alpha value is -10.3. The van der Waals surface area contributed by atoms with E-state index in [2.05, 4.69) is 91.6 Å². The number of hydrogen-bond donors (Lipinski definition) is 1. The highest BCUT2D eigenvalue weighted by Gasteiger charge is 2.66. The zero-order valence-corrected chi connectivity index (χ0v) is 58.0. The summed E-state index contributed by atoms with van der Waals surface area (Å²) in [5.74, 6) is -47.1. The second-order valence-corrected chi connectivity index (χ2v) is 21.4. The molecule has 111 heavy (non-hydrogen) atoms. The Morgan fingerprint density at radius 3 is 0.730 bits per heavy atom. The van der Waals surface area contributed by atoms with Crippen LogP contribution < -0.4 is 0 Å². The highest BCUT2D eigenvalue weighted by molar-refractivity contribution is 5.90. The third kappa shape index (κ3) is 47.4. The molecule has 0 aromatic heterocycles. The number of aliphatic carboxylic acids is 1. The van der Waals surface area contributed by atoms with Crippen molar-refractivity contribution in [2.75, 3.05) is 46.2 Å². The van der Waals surface area contributed by atoms with Gasteiger partial charge in [-0.15, -0.1) is 0 Å². The first-order chi connectivity index (χ1) is 49.2. The number of ether oxygens (including phenoxy) is 12. The monoisotopic (exact) mass is 1690 g/mol. The Morgan fingerprint density at radius 2 is 0.559 bits per heavy atom. The van der Waals surface area contributed by atoms with Crippen molar-refractivity contribution in [3.63, 3.8) is 0 Å². The minimum absolute atomic E-state index is 0.0386. The van der Waals surface area contributed by atoms with Gasteiger partial charge in [-0.2, -0.15) is 101 Å². The fourth-order valence-corrected chi connectivity index (χ4v) is 3.97. The summed E-state index contributed by atoms with van der Waals surface area (Å²) >= 11 is 0. The van der Waals surface area contributed by atoms with Crippen molar-refractivity contribution < 1.29 is 243 Å². The molecular formula is C58H63F27O26. The van der Waals surface area contributed by atoms with Crippen LogP contribution in [0.2, 0.25) is 0 Å². The molecule has 0 radical (unpaired) electrons. The van der Waals surface area contributed by atoms with Gasteiger partial charge in [-0.25, -0.2) is 79.9 Å². The van der Waals surface area contributed by atoms with Crippen molar-refractivity contribution in [3.8, 4) is 0 Å². The van der Waals surface area contributed by atoms with Gasteiger partial charge in [0.25, 0.3) is 0 Å². The molecule has 26 nitrogen and oxygen atoms in total. The molecule has 640 valence electrons. The van der Waals surface area contributed by atoms with Gasteiger partial charge in [0.05, 0.1) is 0 Å². The average molecular weight is 1690 g/mol. The molecule has 0 amide bonds. The first kappa shape index (κ1) is 112. The summed E-state index contributed by atoms with van der Waals surface area (Å²) in [6.07, 6.45) is -45.5. The number of hydrogen-bond acceptors (Lipinski definition) is 25. The summed E-state index contributed by atoms with van der Waals surface area (Å²) in [6, 6.07) is 0. The standard InChI is InChI=1S/C13H10F10O6.C13H12F8O6.C11H10F6O6.C9H11F3O4.C8H14O2.C4H6O2/c1-5(2)7(24)29-6(3-27-8(25)10(14,15)12(18,19)20)4-28-9(26)11(16,17)13(21,22)23;1-5(2)7(22)27-6(3-25-10(23)12(18,19)8(14)15)4-26-11(24)13(20,21)9(16)17;1-5(2)7(18)23-6(3-21-8(19)10(12,13)14)4-22-9(20)11(15,16)17;1-5(2)8(14)15-4-7(13)16-6(3)9(10,11)12;1-6(2)7(9)10-8(3,4)5;1-3(2)4(5)6/h6H,1,3-4H2,2H3;6,8-9H,1,3-4H2,2H3;6H,1,3-4H2,2H3;6H,1,4H2,2-3H3;1H2,2-5H3;1H2,2H3,(H,5,6). The van der Waals surface area contributed by atoms with Crippen LogP contribution in [-0.4, -0.2) is 226 Å². The van der Waals surface area contributed by atoms with Gasteiger partial charge < -0.3 is 61.9 Å². The van der Waals surface area contributed by atoms with Crippen molar-refractivity contribution in [2.45, 2.75) is 167 Å². The van der Waals surface area contributed by atoms with Gasteiger partial charge in [-0.3, -0.25) is 0 Å². The summed E-state index contributed by atoms with van der Waals surface area (Å²) in [5, 5.41) is 7.89. The highest BCUT2D eigenvalue weighted by atomic mass is 19.4. The van der Waals surface area contributed by atoms with Crippen LogP contribution >= 0.6 is 0 Å². The molecule has 0 bridgehead atoms. The van der Waals surface area contributed by atoms with E-state index >= 15 is 0 Å². The van der Waals surface area contributed by atoms with Gasteiger partial charge in [0.15, 0.2) is 31.0 Å². The molecule has 1 unspecified atom stereocenters. The summed E-state index contributed by atoms with van der Waals surface area (Å²) in [6.45, 7) is 23.1. The molecule has 0 aliphatic carbocycles. The Kier molecular flexibility index (Phi) is 47.2. The maximum atomic E-state index is 12.7. The molecule has 1 atom stereocenters. The largest absolute Gasteiger partial charge is 0.490 e. The van der Waals surface area contributed by atoms with E-state index in [1.807, 2.05) is 20.8 Å². The lowest BCUT2D eigenvalue weighted by atomic mass is 10.2. The Balaban J connectivity index is -0.000000314. The summed E-state index contributed by atoms with van der Waals surface area (Å²) in [4.78, 5) is 140. The molecule has 53 heteroatoms. The first-order valence-corrected chi connectivity index (χ1v) is 28.1. The number of alkyl halides is 27. The number of carboxylic acid groups (broad SMARTS) is 1. The zero-order valence-electron chi connectivity index (χ0n) is 58.0. The summed E-state index contributed by atoms with van der Waals surface area (Å²) in [5.41, 5.74) is -0.765. The van der Waals surface area contributed by atoms with E-state index in [-0.39, 0.29) is 28.3 Å². The summed E-state index contributed by atoms with van der Waals surface area (Å²) < 4.78 is 378. The fraction of sp³-hybridized carbons (Fsp3) is 0.569. The maximum Gasteiger partial charge on any atom is 0.490 e. The van der Waals surface area contributed by atoms with Gasteiger partial charge in [0.1, 0.15) is 45.2 Å². The second-order valence-electron chi connectivity index (χ2n) is 21.4. The van der Waals surface area contributed by atoms with Crippen LogP contribution in [0.15, 0.2) is 72.9 Å². The predicted octanol–water partition coefficient (Wildman–Crippen LogP) is 11.2. The molecule has 1 N–H and O–H groups in total. The smallest absolute Gasteiger partial charge is 0.478 e. The number of carbonyl (C=O) groups is 13. The van der Waals surface area contributed by atoms with Gasteiger partial charge in [-0.1, -0.05) is 39.5 Å². The van der Waals surface area contributed by atoms with Crippen LogP contribution in [0.4, 0.5) is 119 Å². The Labute approximate surface area is 605 Å². The van der Waals surface area contributed by atoms with Crippen molar-refractivity contribution in [3.05, 3.63) is 72.9 Å². The number of carbonyl (C=O) groups excluding carboxylic acids is 12. The molecule has 0 rings (SSSR count). The van der Waals surface area contributed by atoms with E-state index in [0.717, 1.165) is 20.8 Å². The highest BCUT2D eigenvalue weighted by Crippen LogP contribution is 2.38. The van der Waals surface area contributed by atoms with E-state index in [0.29, 0.717) is 12.5 Å². The van der Waals surface area contributed by atoms with Gasteiger partial charge in [0, 0.05) is 33.4 Å². The minimum atomic E-state index is -6.38. The van der Waals surface area contributed by atoms with Gasteiger partial charge in [0.2, 0.25) is 0 Å². The molecule has 0 saturated heterocycles. The Bertz CT molecular complexity index is 3150. The van der Waals surface area contributed by atoms with E-state index in [1.54, 1.807) is 6.92 Å². The van der Waals surface area contributed by atoms with Gasteiger partial charge >= 0.3 is 145 Å². The molecule has 0 aliphatic heterocycles. The van der Waals surface area contributed by atoms with E-state index in [4.69, 9.17) is 9.84 Å². The second kappa shape index (κ2) is 47.0. The SMILES string of the molecule is C=C(C)C(=O)O.C=C(C)C(=O)OC(C)(C)C.C=C(C)C(=O)OC(COC(=O)C(F)(F)C(F)(F)F)COC(=O)C(F)(F)C(F)(F)F.C=C(C)C(=O)OC(COC(=O)C(F)(F)C(F)F)COC(=O)C(F)(F)C(F)F.C=C(C)C(=O)OC(COC(=O)C(F)(F)F)COC(=O)C(F)(F)F.C=C(C)C(=O)OCC(=O)OC(C)C(F)(F)F. The van der Waals surface area contributed by atoms with Crippen LogP contribution in [-0.2, 0) is 119 Å². The molecule has 0 aromatic rings. The third-order valence-corrected chi connectivity index (χ3v) is 9.60. The zero-order chi connectivity index (χ0) is 89.9. The predicted molar refractivity (Wildman–Crippen MR) is 306 cm³/mol. The van der Waals surface area contributed by atoms with E-state index in [9.17, 15) is 181 Å². The lowest BCUT2D eigenvalue weighted by Gasteiger charge is -2.22. The number of halogens is 27. The van der Waals surface area contributed by atoms with Gasteiger partial charge in [-0.05, 0) is 69.2 Å². The Morgan fingerprint density at radius 1 is 0.333 bits per heavy atom.